The number of amides is 2. The van der Waals surface area contributed by atoms with Gasteiger partial charge in [0.25, 0.3) is 0 Å². The van der Waals surface area contributed by atoms with Gasteiger partial charge in [0, 0.05) is 33.7 Å². The van der Waals surface area contributed by atoms with Gasteiger partial charge in [-0.15, -0.1) is 0 Å². The standard InChI is InChI=1S/C24H30Cl3N3O4S/c1-15(2)12-28-24(32)17(4)29(13-19-20(26)7-6-8-21(19)27)23(31)14-30(35(5,33)34)22-10-9-18(25)11-16(22)3/h6-11,15,17H,12-14H2,1-5H3,(H,28,32)/t17-/m0/s1. The lowest BCUT2D eigenvalue weighted by atomic mass is 10.1. The summed E-state index contributed by atoms with van der Waals surface area (Å²) in [5, 5.41) is 3.92. The number of carbonyl (C=O) groups is 2. The molecule has 2 amide bonds. The smallest absolute Gasteiger partial charge is 0.244 e. The molecule has 0 radical (unpaired) electrons. The van der Waals surface area contributed by atoms with E-state index in [-0.39, 0.29) is 18.4 Å². The second kappa shape index (κ2) is 12.3. The Labute approximate surface area is 222 Å². The van der Waals surface area contributed by atoms with Crippen molar-refractivity contribution in [2.45, 2.75) is 40.3 Å². The van der Waals surface area contributed by atoms with Crippen molar-refractivity contribution in [3.8, 4) is 0 Å². The van der Waals surface area contributed by atoms with Crippen LogP contribution in [-0.4, -0.2) is 50.5 Å². The molecule has 0 unspecified atom stereocenters. The maximum atomic E-state index is 13.6. The van der Waals surface area contributed by atoms with Gasteiger partial charge in [-0.2, -0.15) is 0 Å². The lowest BCUT2D eigenvalue weighted by molar-refractivity contribution is -0.139. The summed E-state index contributed by atoms with van der Waals surface area (Å²) in [6.07, 6.45) is 1.02. The molecule has 0 spiro atoms. The van der Waals surface area contributed by atoms with Crippen LogP contribution in [0.2, 0.25) is 15.1 Å². The van der Waals surface area contributed by atoms with Crippen molar-refractivity contribution >= 4 is 62.3 Å². The van der Waals surface area contributed by atoms with Crippen LogP contribution in [0.4, 0.5) is 5.69 Å². The lowest BCUT2D eigenvalue weighted by Gasteiger charge is -2.32. The van der Waals surface area contributed by atoms with Gasteiger partial charge in [-0.25, -0.2) is 8.42 Å². The molecule has 1 atom stereocenters. The van der Waals surface area contributed by atoms with Crippen LogP contribution < -0.4 is 9.62 Å². The number of nitrogens with one attached hydrogen (secondary N) is 1. The summed E-state index contributed by atoms with van der Waals surface area (Å²) in [6.45, 7) is 7.02. The molecule has 0 aliphatic carbocycles. The van der Waals surface area contributed by atoms with E-state index in [1.165, 1.54) is 4.90 Å². The third kappa shape index (κ3) is 8.00. The summed E-state index contributed by atoms with van der Waals surface area (Å²) in [4.78, 5) is 27.8. The predicted octanol–water partition coefficient (Wildman–Crippen LogP) is 4.91. The van der Waals surface area contributed by atoms with Gasteiger partial charge in [0.1, 0.15) is 12.6 Å². The normalized spacial score (nSPS) is 12.4. The minimum Gasteiger partial charge on any atom is -0.354 e. The molecule has 2 aromatic rings. The van der Waals surface area contributed by atoms with Crippen LogP contribution in [0.25, 0.3) is 0 Å². The Morgan fingerprint density at radius 2 is 1.63 bits per heavy atom. The number of hydrogen-bond acceptors (Lipinski definition) is 4. The first-order chi connectivity index (χ1) is 16.2. The monoisotopic (exact) mass is 561 g/mol. The Balaban J connectivity index is 2.46. The molecule has 0 saturated heterocycles. The van der Waals surface area contributed by atoms with E-state index in [1.807, 2.05) is 13.8 Å². The molecule has 0 bridgehead atoms. The molecular formula is C24H30Cl3N3O4S. The number of aryl methyl sites for hydroxylation is 1. The fourth-order valence-corrected chi connectivity index (χ4v) is 5.03. The van der Waals surface area contributed by atoms with E-state index in [9.17, 15) is 18.0 Å². The van der Waals surface area contributed by atoms with Crippen molar-refractivity contribution in [1.29, 1.82) is 0 Å². The third-order valence-corrected chi connectivity index (χ3v) is 7.42. The first kappa shape index (κ1) is 29.2. The molecular weight excluding hydrogens is 533 g/mol. The zero-order chi connectivity index (χ0) is 26.5. The summed E-state index contributed by atoms with van der Waals surface area (Å²) in [5.74, 6) is -0.751. The largest absolute Gasteiger partial charge is 0.354 e. The molecule has 2 rings (SSSR count). The minimum absolute atomic E-state index is 0.0786. The zero-order valence-electron chi connectivity index (χ0n) is 20.3. The van der Waals surface area contributed by atoms with Crippen LogP contribution in [0, 0.1) is 12.8 Å². The second-order valence-electron chi connectivity index (χ2n) is 8.74. The molecule has 0 heterocycles. The molecule has 35 heavy (non-hydrogen) atoms. The molecule has 7 nitrogen and oxygen atoms in total. The molecule has 2 aromatic carbocycles. The van der Waals surface area contributed by atoms with Gasteiger partial charge in [-0.05, 0) is 55.7 Å². The van der Waals surface area contributed by atoms with Gasteiger partial charge < -0.3 is 10.2 Å². The average molecular weight is 563 g/mol. The average Bonchev–Trinajstić information content (AvgIpc) is 2.74. The highest BCUT2D eigenvalue weighted by atomic mass is 35.5. The van der Waals surface area contributed by atoms with Gasteiger partial charge in [0.05, 0.1) is 11.9 Å². The van der Waals surface area contributed by atoms with E-state index in [4.69, 9.17) is 34.8 Å². The Bertz CT molecular complexity index is 1170. The van der Waals surface area contributed by atoms with Crippen molar-refractivity contribution in [2.75, 3.05) is 23.7 Å². The topological polar surface area (TPSA) is 86.8 Å². The van der Waals surface area contributed by atoms with E-state index in [0.29, 0.717) is 38.4 Å². The van der Waals surface area contributed by atoms with Crippen LogP contribution in [-0.2, 0) is 26.2 Å². The van der Waals surface area contributed by atoms with Crippen LogP contribution in [0.1, 0.15) is 31.9 Å². The predicted molar refractivity (Wildman–Crippen MR) is 143 cm³/mol. The maximum Gasteiger partial charge on any atom is 0.244 e. The first-order valence-corrected chi connectivity index (χ1v) is 13.9. The highest BCUT2D eigenvalue weighted by Gasteiger charge is 2.31. The fraction of sp³-hybridized carbons (Fsp3) is 0.417. The Morgan fingerprint density at radius 1 is 1.03 bits per heavy atom. The number of hydrogen-bond donors (Lipinski definition) is 1. The SMILES string of the molecule is Cc1cc(Cl)ccc1N(CC(=O)N(Cc1c(Cl)cccc1Cl)[C@@H](C)C(=O)NCC(C)C)S(C)(=O)=O. The van der Waals surface area contributed by atoms with Crippen LogP contribution >= 0.6 is 34.8 Å². The van der Waals surface area contributed by atoms with E-state index in [1.54, 1.807) is 50.2 Å². The molecule has 0 aliphatic rings. The summed E-state index contributed by atoms with van der Waals surface area (Å²) < 4.78 is 26.4. The number of sulfonamides is 1. The summed E-state index contributed by atoms with van der Waals surface area (Å²) in [5.41, 5.74) is 1.36. The first-order valence-electron chi connectivity index (χ1n) is 11.0. The maximum absolute atomic E-state index is 13.6. The molecule has 0 fully saturated rings. The van der Waals surface area contributed by atoms with E-state index in [2.05, 4.69) is 5.32 Å². The van der Waals surface area contributed by atoms with E-state index in [0.717, 1.165) is 10.6 Å². The van der Waals surface area contributed by atoms with Crippen molar-refractivity contribution in [2.24, 2.45) is 5.92 Å². The fourth-order valence-electron chi connectivity index (χ4n) is 3.38. The van der Waals surface area contributed by atoms with Crippen LogP contribution in [0.5, 0.6) is 0 Å². The Hall–Kier alpha value is -2.00. The molecule has 11 heteroatoms. The highest BCUT2D eigenvalue weighted by Crippen LogP contribution is 2.28. The molecule has 0 aliphatic heterocycles. The number of halogens is 3. The number of benzene rings is 2. The number of carbonyl (C=O) groups excluding carboxylic acids is 2. The lowest BCUT2D eigenvalue weighted by Crippen LogP contribution is -2.51. The Morgan fingerprint density at radius 3 is 2.14 bits per heavy atom. The third-order valence-electron chi connectivity index (χ3n) is 5.35. The van der Waals surface area contributed by atoms with Gasteiger partial charge in [-0.3, -0.25) is 13.9 Å². The Kier molecular flexibility index (Phi) is 10.3. The second-order valence-corrected chi connectivity index (χ2v) is 11.9. The zero-order valence-corrected chi connectivity index (χ0v) is 23.4. The van der Waals surface area contributed by atoms with Gasteiger partial charge >= 0.3 is 0 Å². The molecule has 1 N–H and O–H groups in total. The summed E-state index contributed by atoms with van der Waals surface area (Å²) in [6, 6.07) is 8.73. The minimum atomic E-state index is -3.85. The summed E-state index contributed by atoms with van der Waals surface area (Å²) >= 11 is 18.7. The number of rotatable bonds is 10. The van der Waals surface area contributed by atoms with E-state index < -0.39 is 28.5 Å². The quantitative estimate of drug-likeness (QED) is 0.446. The van der Waals surface area contributed by atoms with Crippen molar-refractivity contribution in [1.82, 2.24) is 10.2 Å². The van der Waals surface area contributed by atoms with Crippen molar-refractivity contribution in [3.05, 3.63) is 62.6 Å². The van der Waals surface area contributed by atoms with Gasteiger partial charge in [0.2, 0.25) is 21.8 Å². The summed E-state index contributed by atoms with van der Waals surface area (Å²) in [7, 11) is -3.85. The number of anilines is 1. The van der Waals surface area contributed by atoms with Crippen LogP contribution in [0.15, 0.2) is 36.4 Å². The molecule has 0 saturated carbocycles. The van der Waals surface area contributed by atoms with Gasteiger partial charge in [-0.1, -0.05) is 54.7 Å². The molecule has 192 valence electrons. The van der Waals surface area contributed by atoms with Crippen molar-refractivity contribution < 1.29 is 18.0 Å². The van der Waals surface area contributed by atoms with Crippen molar-refractivity contribution in [3.63, 3.8) is 0 Å². The van der Waals surface area contributed by atoms with Crippen LogP contribution in [0.3, 0.4) is 0 Å². The highest BCUT2D eigenvalue weighted by molar-refractivity contribution is 7.92. The molecule has 0 aromatic heterocycles. The van der Waals surface area contributed by atoms with E-state index >= 15 is 0 Å². The number of nitrogens with zero attached hydrogens (tertiary/aromatic N) is 2. The van der Waals surface area contributed by atoms with Gasteiger partial charge in [0.15, 0.2) is 0 Å².